The van der Waals surface area contributed by atoms with Gasteiger partial charge < -0.3 is 18.5 Å². The average Bonchev–Trinajstić information content (AvgIpc) is 2.32. The van der Waals surface area contributed by atoms with Gasteiger partial charge in [0.15, 0.2) is 14.2 Å². The molecule has 0 aromatic heterocycles. The number of rotatable bonds is 8. The van der Waals surface area contributed by atoms with Crippen LogP contribution < -0.4 is 0 Å². The first-order valence-electron chi connectivity index (χ1n) is 6.46. The van der Waals surface area contributed by atoms with Gasteiger partial charge in [-0.1, -0.05) is 0 Å². The van der Waals surface area contributed by atoms with Gasteiger partial charge in [-0.05, 0) is 27.7 Å². The van der Waals surface area contributed by atoms with Crippen LogP contribution in [-0.4, -0.2) is 43.5 Å². The summed E-state index contributed by atoms with van der Waals surface area (Å²) in [4.78, 5) is 0. The Balaban J connectivity index is 2.13. The van der Waals surface area contributed by atoms with E-state index in [-0.39, 0.29) is 0 Å². The molecule has 0 amide bonds. The van der Waals surface area contributed by atoms with E-state index in [0.717, 1.165) is 37.7 Å². The molecule has 0 aromatic rings. The number of ether oxygens (including phenoxy) is 2. The van der Waals surface area contributed by atoms with Crippen LogP contribution in [0.2, 0.25) is 0 Å². The lowest BCUT2D eigenvalue weighted by Crippen LogP contribution is -2.40. The summed E-state index contributed by atoms with van der Waals surface area (Å²) in [6.07, 6.45) is 0. The second-order valence-electron chi connectivity index (χ2n) is 4.56. The highest BCUT2D eigenvalue weighted by atomic mass is 32.2. The fraction of sp³-hybridized carbons (Fsp3) is 1.00. The molecule has 108 valence electrons. The Morgan fingerprint density at radius 1 is 1.17 bits per heavy atom. The van der Waals surface area contributed by atoms with Crippen LogP contribution in [0.1, 0.15) is 27.7 Å². The molecule has 1 fully saturated rings. The molecule has 1 rings (SSSR count). The van der Waals surface area contributed by atoms with Crippen molar-refractivity contribution in [3.63, 3.8) is 0 Å². The minimum Gasteiger partial charge on any atom is -0.350 e. The summed E-state index contributed by atoms with van der Waals surface area (Å²) in [6, 6.07) is 0. The highest BCUT2D eigenvalue weighted by Gasteiger charge is 2.28. The SMILES string of the molecule is CCOP(CSCC1COC(C)(C)OC1)OCC. The summed E-state index contributed by atoms with van der Waals surface area (Å²) >= 11 is 1.87. The molecule has 0 radical (unpaired) electrons. The fourth-order valence-corrected chi connectivity index (χ4v) is 4.31. The molecule has 0 spiro atoms. The van der Waals surface area contributed by atoms with Crippen LogP contribution in [0.5, 0.6) is 0 Å². The zero-order valence-corrected chi connectivity index (χ0v) is 13.5. The predicted molar refractivity (Wildman–Crippen MR) is 77.0 cm³/mol. The maximum atomic E-state index is 5.64. The van der Waals surface area contributed by atoms with Gasteiger partial charge in [-0.15, -0.1) is 0 Å². The van der Waals surface area contributed by atoms with E-state index in [2.05, 4.69) is 0 Å². The molecule has 1 saturated heterocycles. The molecular formula is C12H25O4PS. The molecule has 0 saturated carbocycles. The largest absolute Gasteiger partial charge is 0.350 e. The molecule has 0 aliphatic carbocycles. The van der Waals surface area contributed by atoms with Gasteiger partial charge in [-0.25, -0.2) is 0 Å². The third kappa shape index (κ3) is 6.69. The van der Waals surface area contributed by atoms with E-state index in [0.29, 0.717) is 5.92 Å². The highest BCUT2D eigenvalue weighted by Crippen LogP contribution is 2.42. The number of hydrogen-bond donors (Lipinski definition) is 0. The lowest BCUT2D eigenvalue weighted by atomic mass is 10.2. The Hall–Kier alpha value is 0.620. The summed E-state index contributed by atoms with van der Waals surface area (Å²) < 4.78 is 22.4. The van der Waals surface area contributed by atoms with Crippen LogP contribution in [0.3, 0.4) is 0 Å². The van der Waals surface area contributed by atoms with Crippen LogP contribution >= 0.6 is 20.1 Å². The highest BCUT2D eigenvalue weighted by molar-refractivity contribution is 8.04. The van der Waals surface area contributed by atoms with E-state index in [1.807, 2.05) is 39.5 Å². The average molecular weight is 296 g/mol. The molecule has 0 N–H and O–H groups in total. The molecule has 4 nitrogen and oxygen atoms in total. The molecule has 1 aliphatic rings. The second kappa shape index (κ2) is 8.72. The van der Waals surface area contributed by atoms with Crippen molar-refractivity contribution in [1.82, 2.24) is 0 Å². The Labute approximate surface area is 116 Å². The fourth-order valence-electron chi connectivity index (χ4n) is 1.52. The topological polar surface area (TPSA) is 36.9 Å². The van der Waals surface area contributed by atoms with Crippen molar-refractivity contribution < 1.29 is 18.5 Å². The quantitative estimate of drug-likeness (QED) is 0.641. The predicted octanol–water partition coefficient (Wildman–Crippen LogP) is 3.46. The van der Waals surface area contributed by atoms with Crippen molar-refractivity contribution in [2.75, 3.05) is 37.7 Å². The van der Waals surface area contributed by atoms with Crippen molar-refractivity contribution in [1.29, 1.82) is 0 Å². The normalized spacial score (nSPS) is 20.5. The first-order valence-corrected chi connectivity index (χ1v) is 8.98. The van der Waals surface area contributed by atoms with Crippen molar-refractivity contribution in [2.45, 2.75) is 33.5 Å². The van der Waals surface area contributed by atoms with E-state index >= 15 is 0 Å². The van der Waals surface area contributed by atoms with E-state index < -0.39 is 14.2 Å². The zero-order valence-electron chi connectivity index (χ0n) is 11.8. The Bertz CT molecular complexity index is 212. The summed E-state index contributed by atoms with van der Waals surface area (Å²) in [5.74, 6) is 1.10. The van der Waals surface area contributed by atoms with Gasteiger partial charge in [0.1, 0.15) is 0 Å². The molecule has 0 atom stereocenters. The van der Waals surface area contributed by atoms with Gasteiger partial charge in [0, 0.05) is 11.7 Å². The smallest absolute Gasteiger partial charge is 0.181 e. The van der Waals surface area contributed by atoms with Crippen LogP contribution in [0, 0.1) is 5.92 Å². The zero-order chi connectivity index (χ0) is 13.4. The van der Waals surface area contributed by atoms with Crippen molar-refractivity contribution in [3.8, 4) is 0 Å². The molecule has 0 bridgehead atoms. The van der Waals surface area contributed by atoms with Crippen LogP contribution in [0.15, 0.2) is 0 Å². The van der Waals surface area contributed by atoms with Gasteiger partial charge in [-0.2, -0.15) is 11.8 Å². The Morgan fingerprint density at radius 3 is 2.22 bits per heavy atom. The molecule has 18 heavy (non-hydrogen) atoms. The molecule has 1 aliphatic heterocycles. The minimum atomic E-state index is -0.725. The van der Waals surface area contributed by atoms with E-state index in [4.69, 9.17) is 18.5 Å². The van der Waals surface area contributed by atoms with Crippen molar-refractivity contribution in [2.24, 2.45) is 5.92 Å². The minimum absolute atomic E-state index is 0.412. The lowest BCUT2D eigenvalue weighted by molar-refractivity contribution is -0.259. The number of thioether (sulfide) groups is 1. The van der Waals surface area contributed by atoms with E-state index in [1.54, 1.807) is 0 Å². The van der Waals surface area contributed by atoms with Gasteiger partial charge >= 0.3 is 0 Å². The summed E-state index contributed by atoms with van der Waals surface area (Å²) in [6.45, 7) is 10.9. The molecule has 0 unspecified atom stereocenters. The van der Waals surface area contributed by atoms with Gasteiger partial charge in [0.2, 0.25) is 0 Å². The molecule has 1 heterocycles. The summed E-state index contributed by atoms with van der Waals surface area (Å²) in [5, 5.41) is 0. The van der Waals surface area contributed by atoms with Crippen LogP contribution in [0.4, 0.5) is 0 Å². The molecular weight excluding hydrogens is 271 g/mol. The lowest BCUT2D eigenvalue weighted by Gasteiger charge is -2.34. The van der Waals surface area contributed by atoms with E-state index in [1.165, 1.54) is 0 Å². The van der Waals surface area contributed by atoms with Crippen LogP contribution in [0.25, 0.3) is 0 Å². The third-order valence-corrected chi connectivity index (χ3v) is 5.80. The Morgan fingerprint density at radius 2 is 1.72 bits per heavy atom. The third-order valence-electron chi connectivity index (χ3n) is 2.43. The Kier molecular flexibility index (Phi) is 8.08. The summed E-state index contributed by atoms with van der Waals surface area (Å²) in [7, 11) is -0.725. The number of hydrogen-bond acceptors (Lipinski definition) is 5. The first-order chi connectivity index (χ1) is 8.57. The molecule has 6 heteroatoms. The van der Waals surface area contributed by atoms with Crippen molar-refractivity contribution in [3.05, 3.63) is 0 Å². The van der Waals surface area contributed by atoms with Gasteiger partial charge in [-0.3, -0.25) is 0 Å². The standard InChI is InChI=1S/C12H25O4PS/c1-5-15-17(16-6-2)10-18-9-11-7-13-12(3,4)14-8-11/h11H,5-10H2,1-4H3. The maximum absolute atomic E-state index is 5.64. The molecule has 0 aromatic carbocycles. The first kappa shape index (κ1) is 16.7. The van der Waals surface area contributed by atoms with Crippen molar-refractivity contribution >= 4 is 20.1 Å². The summed E-state index contributed by atoms with van der Waals surface area (Å²) in [5.41, 5.74) is 0.927. The van der Waals surface area contributed by atoms with E-state index in [9.17, 15) is 0 Å². The van der Waals surface area contributed by atoms with Gasteiger partial charge in [0.05, 0.1) is 31.9 Å². The van der Waals surface area contributed by atoms with Crippen LogP contribution in [-0.2, 0) is 18.5 Å². The monoisotopic (exact) mass is 296 g/mol. The maximum Gasteiger partial charge on any atom is 0.181 e. The second-order valence-corrected chi connectivity index (χ2v) is 7.51. The van der Waals surface area contributed by atoms with Gasteiger partial charge in [0.25, 0.3) is 0 Å².